The minimum absolute atomic E-state index is 0.0453. The first kappa shape index (κ1) is 26.2. The van der Waals surface area contributed by atoms with Crippen LogP contribution in [0.15, 0.2) is 0 Å². The number of rotatable bonds is 13. The minimum atomic E-state index is -0.581. The van der Waals surface area contributed by atoms with Crippen molar-refractivity contribution in [3.63, 3.8) is 0 Å². The van der Waals surface area contributed by atoms with Crippen molar-refractivity contribution in [1.82, 2.24) is 15.8 Å². The molecule has 9 heteroatoms. The van der Waals surface area contributed by atoms with E-state index in [4.69, 9.17) is 4.74 Å². The molecule has 0 aromatic rings. The number of amides is 4. The van der Waals surface area contributed by atoms with Crippen LogP contribution in [0.3, 0.4) is 0 Å². The lowest BCUT2D eigenvalue weighted by Crippen LogP contribution is -2.50. The highest BCUT2D eigenvalue weighted by Gasteiger charge is 2.31. The zero-order chi connectivity index (χ0) is 22.0. The average Bonchev–Trinajstić information content (AvgIpc) is 2.64. The van der Waals surface area contributed by atoms with Gasteiger partial charge >= 0.3 is 5.91 Å². The average molecular weight is 402 g/mol. The van der Waals surface area contributed by atoms with Gasteiger partial charge < -0.3 is 4.74 Å². The first-order valence-corrected chi connectivity index (χ1v) is 9.62. The molecule has 1 unspecified atom stereocenters. The Morgan fingerprint density at radius 2 is 1.82 bits per heavy atom. The van der Waals surface area contributed by atoms with Crippen molar-refractivity contribution in [1.29, 1.82) is 0 Å². The molecule has 0 aliphatic heterocycles. The molecule has 2 N–H and O–H groups in total. The van der Waals surface area contributed by atoms with E-state index in [2.05, 4.69) is 10.9 Å². The van der Waals surface area contributed by atoms with Crippen LogP contribution in [0, 0.1) is 5.92 Å². The minimum Gasteiger partial charge on any atom is -0.325 e. The van der Waals surface area contributed by atoms with E-state index in [-0.39, 0.29) is 47.8 Å². The zero-order valence-corrected chi connectivity index (χ0v) is 18.3. The Bertz CT molecular complexity index is 548. The van der Waals surface area contributed by atoms with E-state index in [1.165, 1.54) is 0 Å². The van der Waals surface area contributed by atoms with Crippen molar-refractivity contribution < 1.29 is 28.4 Å². The third-order valence-corrected chi connectivity index (χ3v) is 4.68. The number of hydrazine groups is 1. The van der Waals surface area contributed by atoms with Crippen LogP contribution in [0.25, 0.3) is 0 Å². The summed E-state index contributed by atoms with van der Waals surface area (Å²) in [4.78, 5) is 48.5. The van der Waals surface area contributed by atoms with Crippen molar-refractivity contribution >= 4 is 24.1 Å². The Labute approximate surface area is 168 Å². The van der Waals surface area contributed by atoms with Gasteiger partial charge in [-0.2, -0.15) is 0 Å². The van der Waals surface area contributed by atoms with Crippen LogP contribution in [0.1, 0.15) is 53.4 Å². The molecule has 0 bridgehead atoms. The second-order valence-electron chi connectivity index (χ2n) is 8.11. The molecule has 0 heterocycles. The van der Waals surface area contributed by atoms with Crippen LogP contribution in [-0.4, -0.2) is 73.5 Å². The molecule has 0 saturated carbocycles. The Kier molecular flexibility index (Phi) is 11.1. The predicted octanol–water partition coefficient (Wildman–Crippen LogP) is 0.794. The second kappa shape index (κ2) is 11.9. The monoisotopic (exact) mass is 401 g/mol. The summed E-state index contributed by atoms with van der Waals surface area (Å²) in [5.74, 6) is -0.809. The fraction of sp³-hybridized carbons (Fsp3) is 0.789. The molecule has 0 aliphatic carbocycles. The lowest BCUT2D eigenvalue weighted by Gasteiger charge is -2.32. The molecule has 0 saturated heterocycles. The highest BCUT2D eigenvalue weighted by Crippen LogP contribution is 2.19. The number of nitrogens with one attached hydrogen (secondary N) is 2. The molecule has 4 amide bonds. The third kappa shape index (κ3) is 9.38. The summed E-state index contributed by atoms with van der Waals surface area (Å²) in [6.45, 7) is 7.54. The van der Waals surface area contributed by atoms with E-state index >= 15 is 0 Å². The van der Waals surface area contributed by atoms with Gasteiger partial charge in [-0.1, -0.05) is 13.8 Å². The number of quaternary nitrogens is 1. The second-order valence-corrected chi connectivity index (χ2v) is 8.11. The Hall–Kier alpha value is -1.84. The standard InChI is InChI=1S/C19H36N4O5/c1-8-15(2)18(27)22(13-24)12-10-17(26)23(6,7)14-28-19(3,4)11-9-16(25)21-20-5/h13,15,20H,8-12,14H2,1-7H3/p+1. The van der Waals surface area contributed by atoms with Gasteiger partial charge in [0.25, 0.3) is 0 Å². The summed E-state index contributed by atoms with van der Waals surface area (Å²) in [5.41, 5.74) is 4.50. The van der Waals surface area contributed by atoms with Gasteiger partial charge in [0.05, 0.1) is 26.1 Å². The molecule has 0 aromatic carbocycles. The van der Waals surface area contributed by atoms with Gasteiger partial charge in [0.15, 0.2) is 6.73 Å². The van der Waals surface area contributed by atoms with Gasteiger partial charge in [0.2, 0.25) is 18.2 Å². The maximum Gasteiger partial charge on any atom is 0.316 e. The maximum absolute atomic E-state index is 12.6. The molecule has 0 fully saturated rings. The fourth-order valence-electron chi connectivity index (χ4n) is 2.29. The van der Waals surface area contributed by atoms with Gasteiger partial charge in [-0.15, -0.1) is 0 Å². The largest absolute Gasteiger partial charge is 0.325 e. The van der Waals surface area contributed by atoms with Crippen LogP contribution in [0.2, 0.25) is 0 Å². The summed E-state index contributed by atoms with van der Waals surface area (Å²) in [5, 5.41) is 0. The highest BCUT2D eigenvalue weighted by atomic mass is 16.5. The lowest BCUT2D eigenvalue weighted by atomic mass is 10.0. The quantitative estimate of drug-likeness (QED) is 0.205. The predicted molar refractivity (Wildman–Crippen MR) is 105 cm³/mol. The normalized spacial score (nSPS) is 13.0. The molecular formula is C19H37N4O5+. The number of hydrogen-bond acceptors (Lipinski definition) is 6. The number of carbonyl (C=O) groups is 4. The highest BCUT2D eigenvalue weighted by molar-refractivity contribution is 5.88. The van der Waals surface area contributed by atoms with Gasteiger partial charge in [0.1, 0.15) is 0 Å². The molecule has 1 atom stereocenters. The zero-order valence-electron chi connectivity index (χ0n) is 18.3. The number of hydrogen-bond donors (Lipinski definition) is 2. The number of nitrogens with zero attached hydrogens (tertiary/aromatic N) is 2. The lowest BCUT2D eigenvalue weighted by molar-refractivity contribution is -0.838. The van der Waals surface area contributed by atoms with Crippen molar-refractivity contribution in [2.45, 2.75) is 59.0 Å². The molecule has 0 spiro atoms. The van der Waals surface area contributed by atoms with E-state index in [0.29, 0.717) is 25.7 Å². The van der Waals surface area contributed by atoms with Crippen LogP contribution >= 0.6 is 0 Å². The van der Waals surface area contributed by atoms with Gasteiger partial charge in [-0.3, -0.25) is 24.7 Å². The van der Waals surface area contributed by atoms with E-state index in [1.807, 2.05) is 20.8 Å². The van der Waals surface area contributed by atoms with Crippen molar-refractivity contribution in [2.24, 2.45) is 5.92 Å². The van der Waals surface area contributed by atoms with E-state index in [1.54, 1.807) is 28.1 Å². The molecule has 0 aromatic heterocycles. The summed E-state index contributed by atoms with van der Waals surface area (Å²) in [6, 6.07) is 0. The Balaban J connectivity index is 4.63. The summed E-state index contributed by atoms with van der Waals surface area (Å²) in [7, 11) is 5.05. The molecule has 0 aliphatic rings. The first-order valence-electron chi connectivity index (χ1n) is 9.62. The third-order valence-electron chi connectivity index (χ3n) is 4.68. The molecule has 0 rings (SSSR count). The molecule has 162 valence electrons. The van der Waals surface area contributed by atoms with Gasteiger partial charge in [-0.25, -0.2) is 14.7 Å². The smallest absolute Gasteiger partial charge is 0.316 e. The Morgan fingerprint density at radius 3 is 2.32 bits per heavy atom. The van der Waals surface area contributed by atoms with Crippen molar-refractivity contribution in [3.05, 3.63) is 0 Å². The van der Waals surface area contributed by atoms with Crippen LogP contribution in [-0.2, 0) is 23.9 Å². The molecule has 9 nitrogen and oxygen atoms in total. The van der Waals surface area contributed by atoms with Crippen LogP contribution in [0.4, 0.5) is 0 Å². The van der Waals surface area contributed by atoms with E-state index in [0.717, 1.165) is 4.90 Å². The summed E-state index contributed by atoms with van der Waals surface area (Å²) >= 11 is 0. The van der Waals surface area contributed by atoms with Crippen LogP contribution in [0.5, 0.6) is 0 Å². The summed E-state index contributed by atoms with van der Waals surface area (Å²) < 4.78 is 5.84. The fourth-order valence-corrected chi connectivity index (χ4v) is 2.29. The molecule has 0 radical (unpaired) electrons. The SMILES string of the molecule is CCC(C)C(=O)N(C=O)CCC(=O)[N+](C)(C)COC(C)(C)CCC(=O)NNC. The van der Waals surface area contributed by atoms with E-state index in [9.17, 15) is 19.2 Å². The van der Waals surface area contributed by atoms with Gasteiger partial charge in [0, 0.05) is 25.9 Å². The van der Waals surface area contributed by atoms with Crippen molar-refractivity contribution in [2.75, 3.05) is 34.4 Å². The van der Waals surface area contributed by atoms with Crippen molar-refractivity contribution in [3.8, 4) is 0 Å². The Morgan fingerprint density at radius 1 is 1.21 bits per heavy atom. The number of imide groups is 1. The maximum atomic E-state index is 12.6. The topological polar surface area (TPSA) is 105 Å². The number of ether oxygens (including phenoxy) is 1. The first-order chi connectivity index (χ1) is 12.9. The van der Waals surface area contributed by atoms with Crippen LogP contribution < -0.4 is 10.9 Å². The van der Waals surface area contributed by atoms with E-state index < -0.39 is 5.60 Å². The number of carbonyl (C=O) groups excluding carboxylic acids is 4. The van der Waals surface area contributed by atoms with Gasteiger partial charge in [-0.05, 0) is 26.7 Å². The summed E-state index contributed by atoms with van der Waals surface area (Å²) in [6.07, 6.45) is 1.96. The molecule has 28 heavy (non-hydrogen) atoms. The molecular weight excluding hydrogens is 364 g/mol.